The van der Waals surface area contributed by atoms with E-state index in [4.69, 9.17) is 16.7 Å². The highest BCUT2D eigenvalue weighted by molar-refractivity contribution is 6.31. The average molecular weight is 272 g/mol. The number of hydrogen-bond donors (Lipinski definition) is 1. The molecule has 2 rings (SSSR count). The van der Waals surface area contributed by atoms with Crippen LogP contribution in [-0.4, -0.2) is 29.2 Å². The molecule has 1 aromatic carbocycles. The van der Waals surface area contributed by atoms with E-state index < -0.39 is 0 Å². The van der Waals surface area contributed by atoms with Gasteiger partial charge in [-0.2, -0.15) is 0 Å². The summed E-state index contributed by atoms with van der Waals surface area (Å²) in [6, 6.07) is 5.28. The van der Waals surface area contributed by atoms with E-state index in [0.29, 0.717) is 23.2 Å². The van der Waals surface area contributed by atoms with Gasteiger partial charge in [0, 0.05) is 29.8 Å². The Kier molecular flexibility index (Phi) is 4.98. The minimum atomic E-state index is -0.227. The Bertz CT molecular complexity index is 379. The van der Waals surface area contributed by atoms with Crippen LogP contribution in [0.2, 0.25) is 5.02 Å². The van der Waals surface area contributed by atoms with Crippen molar-refractivity contribution in [3.8, 4) is 0 Å². The first-order chi connectivity index (χ1) is 8.72. The maximum Gasteiger partial charge on any atom is 0.129 e. The lowest BCUT2D eigenvalue weighted by Crippen LogP contribution is -2.29. The lowest BCUT2D eigenvalue weighted by molar-refractivity contribution is 0.208. The third kappa shape index (κ3) is 3.22. The van der Waals surface area contributed by atoms with Gasteiger partial charge in [0.1, 0.15) is 5.82 Å². The van der Waals surface area contributed by atoms with Crippen molar-refractivity contribution < 1.29 is 9.50 Å². The Morgan fingerprint density at radius 1 is 1.44 bits per heavy atom. The molecule has 1 atom stereocenters. The first-order valence-electron chi connectivity index (χ1n) is 6.50. The number of hydrogen-bond acceptors (Lipinski definition) is 2. The number of halogens is 2. The van der Waals surface area contributed by atoms with Crippen LogP contribution in [0.25, 0.3) is 0 Å². The molecule has 1 fully saturated rings. The molecule has 2 nitrogen and oxygen atoms in total. The molecule has 1 heterocycles. The Morgan fingerprint density at radius 3 is 3.00 bits per heavy atom. The van der Waals surface area contributed by atoms with Gasteiger partial charge in [-0.3, -0.25) is 4.90 Å². The van der Waals surface area contributed by atoms with Crippen LogP contribution in [0, 0.1) is 5.82 Å². The summed E-state index contributed by atoms with van der Waals surface area (Å²) in [5, 5.41) is 9.39. The van der Waals surface area contributed by atoms with Crippen LogP contribution >= 0.6 is 11.6 Å². The first-order valence-corrected chi connectivity index (χ1v) is 6.88. The minimum Gasteiger partial charge on any atom is -0.396 e. The van der Waals surface area contributed by atoms with E-state index >= 15 is 0 Å². The highest BCUT2D eigenvalue weighted by Gasteiger charge is 2.25. The summed E-state index contributed by atoms with van der Waals surface area (Å²) in [5.74, 6) is -0.227. The van der Waals surface area contributed by atoms with Crippen molar-refractivity contribution >= 4 is 11.6 Å². The fourth-order valence-corrected chi connectivity index (χ4v) is 2.87. The van der Waals surface area contributed by atoms with Crippen molar-refractivity contribution in [3.05, 3.63) is 34.6 Å². The van der Waals surface area contributed by atoms with E-state index in [1.165, 1.54) is 6.07 Å². The first kappa shape index (κ1) is 13.8. The summed E-state index contributed by atoms with van der Waals surface area (Å²) >= 11 is 6.05. The van der Waals surface area contributed by atoms with Gasteiger partial charge < -0.3 is 5.11 Å². The second kappa shape index (κ2) is 6.50. The van der Waals surface area contributed by atoms with Crippen LogP contribution in [0.3, 0.4) is 0 Å². The van der Waals surface area contributed by atoms with E-state index in [2.05, 4.69) is 4.90 Å². The lowest BCUT2D eigenvalue weighted by Gasteiger charge is -2.25. The number of aliphatic hydroxyl groups is 1. The minimum absolute atomic E-state index is 0.227. The van der Waals surface area contributed by atoms with Gasteiger partial charge in [0.2, 0.25) is 0 Å². The maximum absolute atomic E-state index is 13.7. The van der Waals surface area contributed by atoms with Crippen molar-refractivity contribution in [3.63, 3.8) is 0 Å². The lowest BCUT2D eigenvalue weighted by atomic mass is 10.1. The molecule has 100 valence electrons. The monoisotopic (exact) mass is 271 g/mol. The SMILES string of the molecule is OCCCC1CCCN1Cc1c(F)cccc1Cl. The van der Waals surface area contributed by atoms with Gasteiger partial charge in [-0.1, -0.05) is 17.7 Å². The molecule has 1 aromatic rings. The van der Waals surface area contributed by atoms with E-state index in [9.17, 15) is 4.39 Å². The predicted octanol–water partition coefficient (Wildman–Crippen LogP) is 3.22. The van der Waals surface area contributed by atoms with Gasteiger partial charge in [-0.05, 0) is 44.4 Å². The topological polar surface area (TPSA) is 23.5 Å². The molecule has 0 saturated carbocycles. The molecule has 0 aromatic heterocycles. The van der Waals surface area contributed by atoms with Crippen LogP contribution < -0.4 is 0 Å². The molecule has 1 aliphatic rings. The highest BCUT2D eigenvalue weighted by Crippen LogP contribution is 2.27. The van der Waals surface area contributed by atoms with Crippen molar-refractivity contribution in [1.82, 2.24) is 4.90 Å². The number of nitrogens with zero attached hydrogens (tertiary/aromatic N) is 1. The van der Waals surface area contributed by atoms with Crippen molar-refractivity contribution in [2.24, 2.45) is 0 Å². The Hall–Kier alpha value is -0.640. The summed E-state index contributed by atoms with van der Waals surface area (Å²) in [7, 11) is 0. The zero-order valence-electron chi connectivity index (χ0n) is 10.4. The number of aliphatic hydroxyl groups excluding tert-OH is 1. The standard InChI is InChI=1S/C14H19ClFNO/c15-13-6-1-7-14(16)12(13)10-17-8-2-4-11(17)5-3-9-18/h1,6-7,11,18H,2-5,8-10H2. The molecule has 4 heteroatoms. The van der Waals surface area contributed by atoms with E-state index in [-0.39, 0.29) is 12.4 Å². The number of benzene rings is 1. The van der Waals surface area contributed by atoms with E-state index in [1.54, 1.807) is 12.1 Å². The van der Waals surface area contributed by atoms with Crippen LogP contribution in [0.15, 0.2) is 18.2 Å². The maximum atomic E-state index is 13.7. The van der Waals surface area contributed by atoms with Gasteiger partial charge in [-0.25, -0.2) is 4.39 Å². The Balaban J connectivity index is 2.03. The molecule has 0 amide bonds. The van der Waals surface area contributed by atoms with Gasteiger partial charge >= 0.3 is 0 Å². The number of likely N-dealkylation sites (tertiary alicyclic amines) is 1. The van der Waals surface area contributed by atoms with Crippen LogP contribution in [0.1, 0.15) is 31.2 Å². The molecular formula is C14H19ClFNO. The highest BCUT2D eigenvalue weighted by atomic mass is 35.5. The average Bonchev–Trinajstić information content (AvgIpc) is 2.79. The molecule has 1 aliphatic heterocycles. The van der Waals surface area contributed by atoms with Gasteiger partial charge in [0.25, 0.3) is 0 Å². The zero-order valence-corrected chi connectivity index (χ0v) is 11.2. The van der Waals surface area contributed by atoms with Crippen LogP contribution in [0.4, 0.5) is 4.39 Å². The third-order valence-electron chi connectivity index (χ3n) is 3.62. The smallest absolute Gasteiger partial charge is 0.129 e. The van der Waals surface area contributed by atoms with Crippen molar-refractivity contribution in [2.75, 3.05) is 13.2 Å². The fourth-order valence-electron chi connectivity index (χ4n) is 2.64. The van der Waals surface area contributed by atoms with Crippen LogP contribution in [0.5, 0.6) is 0 Å². The van der Waals surface area contributed by atoms with Gasteiger partial charge in [-0.15, -0.1) is 0 Å². The third-order valence-corrected chi connectivity index (χ3v) is 3.97. The Morgan fingerprint density at radius 2 is 2.28 bits per heavy atom. The largest absolute Gasteiger partial charge is 0.396 e. The summed E-state index contributed by atoms with van der Waals surface area (Å²) in [5.41, 5.74) is 0.593. The van der Waals surface area contributed by atoms with E-state index in [0.717, 1.165) is 32.2 Å². The normalized spacial score (nSPS) is 20.5. The summed E-state index contributed by atoms with van der Waals surface area (Å²) in [4.78, 5) is 2.28. The quantitative estimate of drug-likeness (QED) is 0.889. The Labute approximate surface area is 112 Å². The van der Waals surface area contributed by atoms with Gasteiger partial charge in [0.05, 0.1) is 0 Å². The van der Waals surface area contributed by atoms with Crippen molar-refractivity contribution in [1.29, 1.82) is 0 Å². The van der Waals surface area contributed by atoms with Gasteiger partial charge in [0.15, 0.2) is 0 Å². The number of rotatable bonds is 5. The predicted molar refractivity (Wildman–Crippen MR) is 71.2 cm³/mol. The molecule has 0 aliphatic carbocycles. The second-order valence-electron chi connectivity index (χ2n) is 4.83. The summed E-state index contributed by atoms with van der Waals surface area (Å²) in [6.07, 6.45) is 4.06. The molecule has 1 saturated heterocycles. The fraction of sp³-hybridized carbons (Fsp3) is 0.571. The zero-order chi connectivity index (χ0) is 13.0. The molecule has 1 unspecified atom stereocenters. The molecule has 18 heavy (non-hydrogen) atoms. The molecular weight excluding hydrogens is 253 g/mol. The van der Waals surface area contributed by atoms with E-state index in [1.807, 2.05) is 0 Å². The second-order valence-corrected chi connectivity index (χ2v) is 5.24. The molecule has 0 spiro atoms. The molecule has 0 bridgehead atoms. The summed E-state index contributed by atoms with van der Waals surface area (Å²) < 4.78 is 13.7. The summed E-state index contributed by atoms with van der Waals surface area (Å²) in [6.45, 7) is 1.78. The molecule has 0 radical (unpaired) electrons. The van der Waals surface area contributed by atoms with Crippen LogP contribution in [-0.2, 0) is 6.54 Å². The molecule has 1 N–H and O–H groups in total. The van der Waals surface area contributed by atoms with Crippen molar-refractivity contribution in [2.45, 2.75) is 38.3 Å².